The lowest BCUT2D eigenvalue weighted by Gasteiger charge is -2.15. The number of fused-ring (bicyclic) bond motifs is 1. The smallest absolute Gasteiger partial charge is 0.145 e. The van der Waals surface area contributed by atoms with Crippen LogP contribution in [0.1, 0.15) is 12.6 Å². The first-order valence-corrected chi connectivity index (χ1v) is 11.2. The molecule has 8 nitrogen and oxygen atoms in total. The monoisotopic (exact) mass is 479 g/mol. The Labute approximate surface area is 203 Å². The Hall–Kier alpha value is -3.46. The summed E-state index contributed by atoms with van der Waals surface area (Å²) in [6.07, 6.45) is 3.20. The molecule has 2 aromatic heterocycles. The summed E-state index contributed by atoms with van der Waals surface area (Å²) in [5.74, 6) is 1.89. The van der Waals surface area contributed by atoms with E-state index in [1.165, 1.54) is 6.33 Å². The summed E-state index contributed by atoms with van der Waals surface area (Å²) in [5.41, 5.74) is 2.36. The van der Waals surface area contributed by atoms with Gasteiger partial charge in [0.25, 0.3) is 0 Å². The van der Waals surface area contributed by atoms with Gasteiger partial charge in [-0.3, -0.25) is 10.3 Å². The van der Waals surface area contributed by atoms with Gasteiger partial charge in [-0.05, 0) is 49.4 Å². The standard InChI is InChI=1S/C25H26ClN5O3/c1-17(32-2)27-12-13-33-23-8-5-7-21-24(23)25(30-16-29-21)31-18-9-10-22(20(26)14-18)34-15-19-6-3-4-11-28-19/h3-11,14,16-17,27H,12-13,15H2,1-2H3,(H,29,30,31). The molecule has 1 atom stereocenters. The molecule has 0 fully saturated rings. The van der Waals surface area contributed by atoms with E-state index < -0.39 is 0 Å². The molecule has 0 saturated heterocycles. The number of nitrogens with zero attached hydrogens (tertiary/aromatic N) is 3. The van der Waals surface area contributed by atoms with Crippen molar-refractivity contribution in [1.82, 2.24) is 20.3 Å². The molecule has 2 aromatic carbocycles. The summed E-state index contributed by atoms with van der Waals surface area (Å²) in [4.78, 5) is 13.1. The van der Waals surface area contributed by atoms with Crippen LogP contribution in [-0.2, 0) is 11.3 Å². The molecular weight excluding hydrogens is 454 g/mol. The highest BCUT2D eigenvalue weighted by Gasteiger charge is 2.12. The third kappa shape index (κ3) is 6.11. The molecule has 0 radical (unpaired) electrons. The molecule has 0 amide bonds. The highest BCUT2D eigenvalue weighted by molar-refractivity contribution is 6.32. The maximum atomic E-state index is 6.47. The number of nitrogens with one attached hydrogen (secondary N) is 2. The van der Waals surface area contributed by atoms with Crippen LogP contribution in [-0.4, -0.2) is 41.4 Å². The number of benzene rings is 2. The van der Waals surface area contributed by atoms with Gasteiger partial charge in [0.15, 0.2) is 0 Å². The van der Waals surface area contributed by atoms with Crippen molar-refractivity contribution in [2.75, 3.05) is 25.6 Å². The van der Waals surface area contributed by atoms with Gasteiger partial charge in [-0.1, -0.05) is 23.7 Å². The maximum absolute atomic E-state index is 6.47. The second-order valence-corrected chi connectivity index (χ2v) is 7.84. The van der Waals surface area contributed by atoms with Crippen molar-refractivity contribution in [3.8, 4) is 11.5 Å². The van der Waals surface area contributed by atoms with E-state index in [1.54, 1.807) is 19.4 Å². The fourth-order valence-corrected chi connectivity index (χ4v) is 3.50. The predicted octanol–water partition coefficient (Wildman–Crippen LogP) is 4.96. The van der Waals surface area contributed by atoms with Gasteiger partial charge in [0.2, 0.25) is 0 Å². The summed E-state index contributed by atoms with van der Waals surface area (Å²) in [5, 5.41) is 7.81. The van der Waals surface area contributed by atoms with E-state index in [2.05, 4.69) is 25.6 Å². The number of rotatable bonds is 11. The van der Waals surface area contributed by atoms with Crippen molar-refractivity contribution in [1.29, 1.82) is 0 Å². The number of aromatic nitrogens is 3. The van der Waals surface area contributed by atoms with Crippen molar-refractivity contribution in [3.63, 3.8) is 0 Å². The lowest BCUT2D eigenvalue weighted by atomic mass is 10.2. The minimum atomic E-state index is -0.0441. The molecule has 1 unspecified atom stereocenters. The van der Waals surface area contributed by atoms with E-state index in [1.807, 2.05) is 55.5 Å². The average molecular weight is 480 g/mol. The number of methoxy groups -OCH3 is 1. The van der Waals surface area contributed by atoms with Gasteiger partial charge in [-0.25, -0.2) is 9.97 Å². The number of pyridine rings is 1. The van der Waals surface area contributed by atoms with Gasteiger partial charge in [0.05, 0.1) is 21.6 Å². The molecule has 2 heterocycles. The highest BCUT2D eigenvalue weighted by atomic mass is 35.5. The summed E-state index contributed by atoms with van der Waals surface area (Å²) in [7, 11) is 1.66. The Kier molecular flexibility index (Phi) is 8.08. The number of ether oxygens (including phenoxy) is 3. The van der Waals surface area contributed by atoms with Crippen LogP contribution in [0, 0.1) is 0 Å². The van der Waals surface area contributed by atoms with E-state index in [0.717, 1.165) is 22.3 Å². The second-order valence-electron chi connectivity index (χ2n) is 7.43. The molecular formula is C25H26ClN5O3. The first-order chi connectivity index (χ1) is 16.6. The molecule has 4 rings (SSSR count). The summed E-state index contributed by atoms with van der Waals surface area (Å²) in [6, 6.07) is 16.9. The molecule has 176 valence electrons. The minimum Gasteiger partial charge on any atom is -0.491 e. The Balaban J connectivity index is 1.48. The van der Waals surface area contributed by atoms with Crippen LogP contribution in [0.4, 0.5) is 11.5 Å². The van der Waals surface area contributed by atoms with Gasteiger partial charge >= 0.3 is 0 Å². The molecule has 0 saturated carbocycles. The van der Waals surface area contributed by atoms with E-state index in [0.29, 0.717) is 42.1 Å². The molecule has 0 aliphatic carbocycles. The fourth-order valence-electron chi connectivity index (χ4n) is 3.27. The van der Waals surface area contributed by atoms with Crippen molar-refractivity contribution >= 4 is 34.0 Å². The average Bonchev–Trinajstić information content (AvgIpc) is 2.86. The Bertz CT molecular complexity index is 1220. The topological polar surface area (TPSA) is 90.4 Å². The molecule has 0 spiro atoms. The van der Waals surface area contributed by atoms with Crippen molar-refractivity contribution in [2.24, 2.45) is 0 Å². The third-order valence-corrected chi connectivity index (χ3v) is 5.36. The SMILES string of the molecule is COC(C)NCCOc1cccc2ncnc(Nc3ccc(OCc4ccccn4)c(Cl)c3)c12. The first kappa shape index (κ1) is 23.7. The predicted molar refractivity (Wildman–Crippen MR) is 133 cm³/mol. The van der Waals surface area contributed by atoms with Crippen LogP contribution in [0.3, 0.4) is 0 Å². The van der Waals surface area contributed by atoms with Crippen molar-refractivity contribution < 1.29 is 14.2 Å². The number of halogens is 1. The van der Waals surface area contributed by atoms with Gasteiger partial charge in [-0.2, -0.15) is 0 Å². The van der Waals surface area contributed by atoms with Crippen LogP contribution >= 0.6 is 11.6 Å². The van der Waals surface area contributed by atoms with E-state index in [9.17, 15) is 0 Å². The molecule has 0 aliphatic heterocycles. The van der Waals surface area contributed by atoms with Crippen LogP contribution < -0.4 is 20.1 Å². The number of anilines is 2. The van der Waals surface area contributed by atoms with Gasteiger partial charge in [0, 0.05) is 25.5 Å². The molecule has 9 heteroatoms. The molecule has 4 aromatic rings. The van der Waals surface area contributed by atoms with Crippen LogP contribution in [0.5, 0.6) is 11.5 Å². The Morgan fingerprint density at radius 3 is 2.68 bits per heavy atom. The van der Waals surface area contributed by atoms with Gasteiger partial charge in [0.1, 0.15) is 43.1 Å². The van der Waals surface area contributed by atoms with Crippen molar-refractivity contribution in [2.45, 2.75) is 19.8 Å². The Morgan fingerprint density at radius 2 is 1.88 bits per heavy atom. The van der Waals surface area contributed by atoms with Crippen LogP contribution in [0.2, 0.25) is 5.02 Å². The molecule has 0 aliphatic rings. The number of hydrogen-bond acceptors (Lipinski definition) is 8. The van der Waals surface area contributed by atoms with Crippen LogP contribution in [0.15, 0.2) is 67.1 Å². The summed E-state index contributed by atoms with van der Waals surface area (Å²) >= 11 is 6.47. The molecule has 0 bridgehead atoms. The lowest BCUT2D eigenvalue weighted by Crippen LogP contribution is -2.31. The largest absolute Gasteiger partial charge is 0.491 e. The van der Waals surface area contributed by atoms with E-state index >= 15 is 0 Å². The fraction of sp³-hybridized carbons (Fsp3) is 0.240. The van der Waals surface area contributed by atoms with Gasteiger partial charge in [-0.15, -0.1) is 0 Å². The zero-order valence-corrected chi connectivity index (χ0v) is 19.7. The molecule has 34 heavy (non-hydrogen) atoms. The van der Waals surface area contributed by atoms with Crippen LogP contribution in [0.25, 0.3) is 10.9 Å². The second kappa shape index (κ2) is 11.6. The summed E-state index contributed by atoms with van der Waals surface area (Å²) in [6.45, 7) is 3.38. The maximum Gasteiger partial charge on any atom is 0.145 e. The summed E-state index contributed by atoms with van der Waals surface area (Å²) < 4.78 is 17.0. The highest BCUT2D eigenvalue weighted by Crippen LogP contribution is 2.34. The van der Waals surface area contributed by atoms with E-state index in [-0.39, 0.29) is 6.23 Å². The first-order valence-electron chi connectivity index (χ1n) is 10.9. The number of hydrogen-bond donors (Lipinski definition) is 2. The van der Waals surface area contributed by atoms with E-state index in [4.69, 9.17) is 25.8 Å². The Morgan fingerprint density at radius 1 is 0.971 bits per heavy atom. The van der Waals surface area contributed by atoms with Crippen molar-refractivity contribution in [3.05, 3.63) is 77.8 Å². The lowest BCUT2D eigenvalue weighted by molar-refractivity contribution is 0.0857. The zero-order chi connectivity index (χ0) is 23.8. The minimum absolute atomic E-state index is 0.0441. The quantitative estimate of drug-likeness (QED) is 0.230. The normalized spacial score (nSPS) is 11.9. The third-order valence-electron chi connectivity index (χ3n) is 5.07. The molecule has 2 N–H and O–H groups in total. The zero-order valence-electron chi connectivity index (χ0n) is 19.0. The van der Waals surface area contributed by atoms with Gasteiger partial charge < -0.3 is 19.5 Å².